The van der Waals surface area contributed by atoms with Crippen LogP contribution in [0.15, 0.2) is 48.5 Å². The second-order valence-electron chi connectivity index (χ2n) is 7.34. The number of amides is 1. The molecule has 0 aromatic heterocycles. The van der Waals surface area contributed by atoms with Crippen LogP contribution in [0.1, 0.15) is 17.0 Å². The largest absolute Gasteiger partial charge is 0.449 e. The van der Waals surface area contributed by atoms with Gasteiger partial charge in [-0.05, 0) is 22.3 Å². The molecule has 0 saturated carbocycles. The Labute approximate surface area is 157 Å². The fraction of sp³-hybridized carbons (Fsp3) is 0.381. The van der Waals surface area contributed by atoms with E-state index in [9.17, 15) is 4.79 Å². The lowest BCUT2D eigenvalue weighted by molar-refractivity contribution is 0.0658. The summed E-state index contributed by atoms with van der Waals surface area (Å²) >= 11 is 0. The van der Waals surface area contributed by atoms with E-state index in [1.807, 2.05) is 24.3 Å². The fourth-order valence-electron chi connectivity index (χ4n) is 4.44. The Balaban J connectivity index is 1.26. The Bertz CT molecular complexity index is 825. The molecule has 0 bridgehead atoms. The molecule has 3 N–H and O–H groups in total. The van der Waals surface area contributed by atoms with Crippen LogP contribution in [0.4, 0.5) is 4.79 Å². The van der Waals surface area contributed by atoms with Crippen molar-refractivity contribution in [3.63, 3.8) is 0 Å². The number of nitrogens with one attached hydrogen (secondary N) is 1. The summed E-state index contributed by atoms with van der Waals surface area (Å²) in [6, 6.07) is 16.2. The summed E-state index contributed by atoms with van der Waals surface area (Å²) in [6.45, 7) is 1.15. The zero-order valence-electron chi connectivity index (χ0n) is 14.8. The predicted octanol–water partition coefficient (Wildman–Crippen LogP) is 2.02. The van der Waals surface area contributed by atoms with Gasteiger partial charge < -0.3 is 25.3 Å². The van der Waals surface area contributed by atoms with Crippen molar-refractivity contribution < 1.29 is 19.0 Å². The average molecular weight is 366 g/mol. The van der Waals surface area contributed by atoms with Crippen LogP contribution < -0.4 is 11.1 Å². The second-order valence-corrected chi connectivity index (χ2v) is 7.34. The third-order valence-corrected chi connectivity index (χ3v) is 5.74. The highest BCUT2D eigenvalue weighted by molar-refractivity contribution is 5.79. The first-order valence-electron chi connectivity index (χ1n) is 9.32. The molecule has 2 fully saturated rings. The number of ether oxygens (including phenoxy) is 3. The van der Waals surface area contributed by atoms with Crippen LogP contribution in [-0.4, -0.2) is 50.2 Å². The molecule has 0 radical (unpaired) electrons. The molecule has 2 heterocycles. The van der Waals surface area contributed by atoms with Crippen molar-refractivity contribution >= 4 is 6.09 Å². The first-order valence-corrected chi connectivity index (χ1v) is 9.32. The second kappa shape index (κ2) is 6.64. The van der Waals surface area contributed by atoms with Crippen molar-refractivity contribution in [1.29, 1.82) is 0 Å². The lowest BCUT2D eigenvalue weighted by Crippen LogP contribution is -2.45. The van der Waals surface area contributed by atoms with Crippen LogP contribution >= 0.6 is 0 Å². The number of nitrogens with two attached hydrogens (primary N) is 1. The zero-order chi connectivity index (χ0) is 18.4. The molecule has 0 spiro atoms. The number of fused-ring (bicyclic) bond motifs is 4. The summed E-state index contributed by atoms with van der Waals surface area (Å²) in [7, 11) is 0. The molecular formula is C21H22N2O4. The topological polar surface area (TPSA) is 82.8 Å². The Morgan fingerprint density at radius 2 is 1.63 bits per heavy atom. The summed E-state index contributed by atoms with van der Waals surface area (Å²) in [5.74, 6) is 0.0480. The number of carbonyl (C=O) groups is 1. The van der Waals surface area contributed by atoms with E-state index in [2.05, 4.69) is 29.6 Å². The molecule has 1 amide bonds. The number of benzene rings is 2. The van der Waals surface area contributed by atoms with Gasteiger partial charge in [0.2, 0.25) is 0 Å². The maximum atomic E-state index is 12.4. The van der Waals surface area contributed by atoms with E-state index < -0.39 is 6.09 Å². The Morgan fingerprint density at radius 3 is 2.33 bits per heavy atom. The maximum Gasteiger partial charge on any atom is 0.407 e. The first kappa shape index (κ1) is 16.7. The van der Waals surface area contributed by atoms with Crippen LogP contribution in [0.2, 0.25) is 0 Å². The highest BCUT2D eigenvalue weighted by Gasteiger charge is 2.47. The van der Waals surface area contributed by atoms with Gasteiger partial charge in [0.15, 0.2) is 0 Å². The molecule has 3 aliphatic rings. The third-order valence-electron chi connectivity index (χ3n) is 5.74. The number of alkyl carbamates (subject to hydrolysis) is 1. The van der Waals surface area contributed by atoms with Crippen LogP contribution in [0.5, 0.6) is 0 Å². The average Bonchev–Trinajstić information content (AvgIpc) is 3.35. The molecule has 1 aliphatic carbocycles. The van der Waals surface area contributed by atoms with Crippen LogP contribution in [0, 0.1) is 0 Å². The standard InChI is InChI=1S/C21H22N2O4/c22-17-10-25-20-18(11-26-19(17)20)23-21(24)27-9-16-14-7-3-1-5-12(14)13-6-2-4-8-15(13)16/h1-8,16-20H,9-11,22H2,(H,23,24). The van der Waals surface area contributed by atoms with Gasteiger partial charge in [-0.3, -0.25) is 0 Å². The minimum atomic E-state index is -0.449. The molecule has 2 saturated heterocycles. The molecule has 2 aromatic rings. The molecule has 5 rings (SSSR count). The monoisotopic (exact) mass is 366 g/mol. The van der Waals surface area contributed by atoms with Gasteiger partial charge in [-0.1, -0.05) is 48.5 Å². The smallest absolute Gasteiger partial charge is 0.407 e. The van der Waals surface area contributed by atoms with Crippen molar-refractivity contribution in [1.82, 2.24) is 5.32 Å². The van der Waals surface area contributed by atoms with Gasteiger partial charge in [0, 0.05) is 5.92 Å². The lowest BCUT2D eigenvalue weighted by Gasteiger charge is -2.19. The van der Waals surface area contributed by atoms with Gasteiger partial charge in [-0.25, -0.2) is 4.79 Å². The maximum absolute atomic E-state index is 12.4. The van der Waals surface area contributed by atoms with Crippen molar-refractivity contribution in [2.24, 2.45) is 5.73 Å². The van der Waals surface area contributed by atoms with E-state index in [0.29, 0.717) is 19.8 Å². The summed E-state index contributed by atoms with van der Waals surface area (Å²) in [4.78, 5) is 12.4. The molecule has 2 aliphatic heterocycles. The highest BCUT2D eigenvalue weighted by Crippen LogP contribution is 2.44. The first-order chi connectivity index (χ1) is 13.2. The van der Waals surface area contributed by atoms with Gasteiger partial charge >= 0.3 is 6.09 Å². The van der Waals surface area contributed by atoms with Crippen LogP contribution in [-0.2, 0) is 14.2 Å². The van der Waals surface area contributed by atoms with E-state index in [1.54, 1.807) is 0 Å². The van der Waals surface area contributed by atoms with Gasteiger partial charge in [0.1, 0.15) is 18.8 Å². The minimum absolute atomic E-state index is 0.0480. The van der Waals surface area contributed by atoms with Gasteiger partial charge in [-0.2, -0.15) is 0 Å². The third kappa shape index (κ3) is 2.81. The van der Waals surface area contributed by atoms with E-state index in [0.717, 1.165) is 0 Å². The van der Waals surface area contributed by atoms with Crippen molar-refractivity contribution in [3.8, 4) is 11.1 Å². The molecule has 6 nitrogen and oxygen atoms in total. The summed E-state index contributed by atoms with van der Waals surface area (Å²) in [6.07, 6.45) is -0.792. The molecule has 4 unspecified atom stereocenters. The van der Waals surface area contributed by atoms with Crippen molar-refractivity contribution in [3.05, 3.63) is 59.7 Å². The molecular weight excluding hydrogens is 344 g/mol. The molecule has 6 heteroatoms. The lowest BCUT2D eigenvalue weighted by atomic mass is 9.98. The summed E-state index contributed by atoms with van der Waals surface area (Å²) in [5.41, 5.74) is 10.8. The van der Waals surface area contributed by atoms with E-state index >= 15 is 0 Å². The van der Waals surface area contributed by atoms with Gasteiger partial charge in [0.25, 0.3) is 0 Å². The number of rotatable bonds is 3. The molecule has 27 heavy (non-hydrogen) atoms. The number of hydrogen-bond acceptors (Lipinski definition) is 5. The molecule has 140 valence electrons. The molecule has 4 atom stereocenters. The number of carbonyl (C=O) groups excluding carboxylic acids is 1. The quantitative estimate of drug-likeness (QED) is 0.868. The summed E-state index contributed by atoms with van der Waals surface area (Å²) < 4.78 is 16.9. The number of hydrogen-bond donors (Lipinski definition) is 2. The summed E-state index contributed by atoms with van der Waals surface area (Å²) in [5, 5.41) is 2.88. The normalized spacial score (nSPS) is 28.5. The Kier molecular flexibility index (Phi) is 4.11. The Morgan fingerprint density at radius 1 is 1.00 bits per heavy atom. The van der Waals surface area contributed by atoms with E-state index in [1.165, 1.54) is 22.3 Å². The van der Waals surface area contributed by atoms with E-state index in [-0.39, 0.29) is 30.2 Å². The van der Waals surface area contributed by atoms with Gasteiger partial charge in [0.05, 0.1) is 25.3 Å². The van der Waals surface area contributed by atoms with Crippen LogP contribution in [0.3, 0.4) is 0 Å². The van der Waals surface area contributed by atoms with Crippen LogP contribution in [0.25, 0.3) is 11.1 Å². The van der Waals surface area contributed by atoms with Crippen molar-refractivity contribution in [2.75, 3.05) is 19.8 Å². The Hall–Kier alpha value is -2.41. The minimum Gasteiger partial charge on any atom is -0.449 e. The van der Waals surface area contributed by atoms with E-state index in [4.69, 9.17) is 19.9 Å². The molecule has 2 aromatic carbocycles. The van der Waals surface area contributed by atoms with Crippen molar-refractivity contribution in [2.45, 2.75) is 30.2 Å². The zero-order valence-corrected chi connectivity index (χ0v) is 14.8. The SMILES string of the molecule is NC1COC2C(NC(=O)OCC3c4ccccc4-c4ccccc43)COC12. The van der Waals surface area contributed by atoms with Gasteiger partial charge in [-0.15, -0.1) is 0 Å². The predicted molar refractivity (Wildman–Crippen MR) is 99.4 cm³/mol. The highest BCUT2D eigenvalue weighted by atomic mass is 16.6. The fourth-order valence-corrected chi connectivity index (χ4v) is 4.44.